The molecule has 0 aliphatic rings. The summed E-state index contributed by atoms with van der Waals surface area (Å²) in [5.41, 5.74) is 3.84. The summed E-state index contributed by atoms with van der Waals surface area (Å²) in [6.45, 7) is 4.21. The average Bonchev–Trinajstić information content (AvgIpc) is 2.30. The molecule has 0 spiro atoms. The van der Waals surface area contributed by atoms with Crippen LogP contribution in [0.25, 0.3) is 5.70 Å². The first kappa shape index (κ1) is 11.6. The van der Waals surface area contributed by atoms with Gasteiger partial charge in [-0.15, -0.1) is 0 Å². The molecule has 0 atom stereocenters. The van der Waals surface area contributed by atoms with E-state index in [1.165, 1.54) is 16.8 Å². The van der Waals surface area contributed by atoms with Gasteiger partial charge in [-0.2, -0.15) is 0 Å². The molecule has 1 N–H and O–H groups in total. The molecule has 0 amide bonds. The Morgan fingerprint density at radius 1 is 1.33 bits per heavy atom. The highest BCUT2D eigenvalue weighted by molar-refractivity contribution is 5.67. The fourth-order valence-corrected chi connectivity index (χ4v) is 1.59. The first-order valence-corrected chi connectivity index (χ1v) is 5.42. The summed E-state index contributed by atoms with van der Waals surface area (Å²) in [4.78, 5) is 0. The van der Waals surface area contributed by atoms with Crippen molar-refractivity contribution in [2.24, 2.45) is 0 Å². The number of benzene rings is 1. The predicted octanol–water partition coefficient (Wildman–Crippen LogP) is 3.39. The van der Waals surface area contributed by atoms with Crippen molar-refractivity contribution in [2.45, 2.75) is 20.3 Å². The molecule has 0 saturated carbocycles. The van der Waals surface area contributed by atoms with Crippen molar-refractivity contribution in [1.29, 1.82) is 0 Å². The normalized spacial score (nSPS) is 12.1. The van der Waals surface area contributed by atoms with Gasteiger partial charge in [0, 0.05) is 18.3 Å². The predicted molar refractivity (Wildman–Crippen MR) is 67.7 cm³/mol. The summed E-state index contributed by atoms with van der Waals surface area (Å²) in [5, 5.41) is 3.24. The van der Waals surface area contributed by atoms with Gasteiger partial charge in [-0.1, -0.05) is 43.3 Å². The van der Waals surface area contributed by atoms with Crippen LogP contribution in [0.4, 0.5) is 0 Å². The quantitative estimate of drug-likeness (QED) is 0.736. The van der Waals surface area contributed by atoms with Crippen molar-refractivity contribution in [3.63, 3.8) is 0 Å². The van der Waals surface area contributed by atoms with Crippen molar-refractivity contribution in [2.75, 3.05) is 7.05 Å². The summed E-state index contributed by atoms with van der Waals surface area (Å²) >= 11 is 0. The van der Waals surface area contributed by atoms with Gasteiger partial charge in [-0.3, -0.25) is 0 Å². The summed E-state index contributed by atoms with van der Waals surface area (Å²) in [6.07, 6.45) is 7.25. The van der Waals surface area contributed by atoms with Crippen LogP contribution >= 0.6 is 0 Å². The fourth-order valence-electron chi connectivity index (χ4n) is 1.59. The third-order valence-corrected chi connectivity index (χ3v) is 2.41. The van der Waals surface area contributed by atoms with Crippen molar-refractivity contribution in [3.8, 4) is 0 Å². The van der Waals surface area contributed by atoms with E-state index in [-0.39, 0.29) is 0 Å². The van der Waals surface area contributed by atoms with E-state index in [9.17, 15) is 0 Å². The Morgan fingerprint density at radius 3 is 2.67 bits per heavy atom. The number of hydrogen-bond donors (Lipinski definition) is 1. The average molecular weight is 201 g/mol. The van der Waals surface area contributed by atoms with Crippen LogP contribution in [0.1, 0.15) is 25.0 Å². The van der Waals surface area contributed by atoms with E-state index in [1.54, 1.807) is 0 Å². The van der Waals surface area contributed by atoms with E-state index in [4.69, 9.17) is 0 Å². The first-order chi connectivity index (χ1) is 7.33. The lowest BCUT2D eigenvalue weighted by Gasteiger charge is -2.10. The first-order valence-electron chi connectivity index (χ1n) is 5.42. The zero-order valence-corrected chi connectivity index (χ0v) is 9.75. The van der Waals surface area contributed by atoms with Crippen LogP contribution in [0.15, 0.2) is 42.5 Å². The van der Waals surface area contributed by atoms with Gasteiger partial charge < -0.3 is 5.32 Å². The maximum Gasteiger partial charge on any atom is 0.0413 e. The summed E-state index contributed by atoms with van der Waals surface area (Å²) in [6, 6.07) is 8.50. The second kappa shape index (κ2) is 6.07. The monoisotopic (exact) mass is 201 g/mol. The lowest BCUT2D eigenvalue weighted by molar-refractivity contribution is 1.08. The van der Waals surface area contributed by atoms with Crippen molar-refractivity contribution < 1.29 is 0 Å². The van der Waals surface area contributed by atoms with E-state index in [0.717, 1.165) is 6.42 Å². The topological polar surface area (TPSA) is 12.0 Å². The van der Waals surface area contributed by atoms with Crippen LogP contribution in [0.3, 0.4) is 0 Å². The number of hydrogen-bond acceptors (Lipinski definition) is 1. The molecule has 1 aromatic rings. The highest BCUT2D eigenvalue weighted by atomic mass is 14.8. The second-order valence-corrected chi connectivity index (χ2v) is 3.37. The second-order valence-electron chi connectivity index (χ2n) is 3.37. The molecule has 0 aliphatic carbocycles. The van der Waals surface area contributed by atoms with Gasteiger partial charge in [0.15, 0.2) is 0 Å². The molecule has 0 fully saturated rings. The molecule has 0 bridgehead atoms. The van der Waals surface area contributed by atoms with Gasteiger partial charge >= 0.3 is 0 Å². The standard InChI is InChI=1S/C14H19N/c1-4-6-11-14(15-3)13-10-8-7-9-12(13)5-2/h4,6-11,15H,5H2,1-3H3/b6-4-,14-11-. The SMILES string of the molecule is C/C=C\C=C(/NC)c1ccccc1CC. The van der Waals surface area contributed by atoms with Crippen LogP contribution in [0, 0.1) is 0 Å². The Bertz CT molecular complexity index is 361. The van der Waals surface area contributed by atoms with Crippen molar-refractivity contribution in [1.82, 2.24) is 5.32 Å². The molecule has 1 aromatic carbocycles. The van der Waals surface area contributed by atoms with Crippen LogP contribution < -0.4 is 5.32 Å². The fraction of sp³-hybridized carbons (Fsp3) is 0.286. The molecule has 0 heterocycles. The van der Waals surface area contributed by atoms with Crippen LogP contribution in [-0.2, 0) is 6.42 Å². The Balaban J connectivity index is 3.11. The largest absolute Gasteiger partial charge is 0.388 e. The minimum absolute atomic E-state index is 1.06. The van der Waals surface area contributed by atoms with Crippen LogP contribution in [-0.4, -0.2) is 7.05 Å². The number of nitrogens with one attached hydrogen (secondary N) is 1. The van der Waals surface area contributed by atoms with Crippen molar-refractivity contribution in [3.05, 3.63) is 53.6 Å². The molecule has 0 radical (unpaired) electrons. The molecule has 80 valence electrons. The molecule has 0 saturated heterocycles. The number of allylic oxidation sites excluding steroid dienone is 3. The maximum absolute atomic E-state index is 3.24. The van der Waals surface area contributed by atoms with Crippen LogP contribution in [0.2, 0.25) is 0 Å². The number of rotatable bonds is 4. The van der Waals surface area contributed by atoms with E-state index >= 15 is 0 Å². The highest BCUT2D eigenvalue weighted by Crippen LogP contribution is 2.17. The molecular formula is C14H19N. The zero-order valence-electron chi connectivity index (χ0n) is 9.75. The number of aryl methyl sites for hydroxylation is 1. The molecule has 15 heavy (non-hydrogen) atoms. The summed E-state index contributed by atoms with van der Waals surface area (Å²) in [5.74, 6) is 0. The maximum atomic E-state index is 3.24. The Morgan fingerprint density at radius 2 is 2.07 bits per heavy atom. The van der Waals surface area contributed by atoms with Crippen molar-refractivity contribution >= 4 is 5.70 Å². The molecule has 0 aromatic heterocycles. The molecule has 1 heteroatoms. The smallest absolute Gasteiger partial charge is 0.0413 e. The van der Waals surface area contributed by atoms with E-state index in [2.05, 4.69) is 48.7 Å². The summed E-state index contributed by atoms with van der Waals surface area (Å²) in [7, 11) is 1.96. The lowest BCUT2D eigenvalue weighted by atomic mass is 10.0. The zero-order chi connectivity index (χ0) is 11.1. The Kier molecular flexibility index (Phi) is 4.69. The highest BCUT2D eigenvalue weighted by Gasteiger charge is 2.02. The summed E-state index contributed by atoms with van der Waals surface area (Å²) < 4.78 is 0. The van der Waals surface area contributed by atoms with Gasteiger partial charge in [-0.25, -0.2) is 0 Å². The van der Waals surface area contributed by atoms with Gasteiger partial charge in [0.1, 0.15) is 0 Å². The minimum Gasteiger partial charge on any atom is -0.388 e. The van der Waals surface area contributed by atoms with E-state index in [1.807, 2.05) is 20.0 Å². The van der Waals surface area contributed by atoms with Gasteiger partial charge in [0.2, 0.25) is 0 Å². The minimum atomic E-state index is 1.06. The third-order valence-electron chi connectivity index (χ3n) is 2.41. The van der Waals surface area contributed by atoms with Gasteiger partial charge in [0.25, 0.3) is 0 Å². The van der Waals surface area contributed by atoms with E-state index in [0.29, 0.717) is 0 Å². The molecular weight excluding hydrogens is 182 g/mol. The van der Waals surface area contributed by atoms with Gasteiger partial charge in [0.05, 0.1) is 0 Å². The molecule has 1 rings (SSSR count). The van der Waals surface area contributed by atoms with E-state index < -0.39 is 0 Å². The molecule has 0 unspecified atom stereocenters. The van der Waals surface area contributed by atoms with Gasteiger partial charge in [-0.05, 0) is 25.0 Å². The Labute approximate surface area is 92.5 Å². The molecule has 1 nitrogen and oxygen atoms in total. The lowest BCUT2D eigenvalue weighted by Crippen LogP contribution is -2.06. The van der Waals surface area contributed by atoms with Crippen LogP contribution in [0.5, 0.6) is 0 Å². The third kappa shape index (κ3) is 2.98. The Hall–Kier alpha value is -1.50. The molecule has 0 aliphatic heterocycles.